The Morgan fingerprint density at radius 1 is 1.62 bits per heavy atom. The van der Waals surface area contributed by atoms with Gasteiger partial charge < -0.3 is 11.1 Å². The van der Waals surface area contributed by atoms with Crippen LogP contribution in [0.3, 0.4) is 0 Å². The first-order valence-corrected chi connectivity index (χ1v) is 4.93. The van der Waals surface area contributed by atoms with Crippen LogP contribution >= 0.6 is 0 Å². The summed E-state index contributed by atoms with van der Waals surface area (Å²) in [7, 11) is 1.50. The highest BCUT2D eigenvalue weighted by molar-refractivity contribution is 5.60. The number of nitrogens with one attached hydrogen (secondary N) is 2. The monoisotopic (exact) mass is 224 g/mol. The second kappa shape index (κ2) is 4.69. The molecule has 0 aromatic carbocycles. The SMILES string of the molecule is C=CCC(C)Nc1c(N)n(C)c(=O)[nH]c1=O. The summed E-state index contributed by atoms with van der Waals surface area (Å²) in [6.07, 6.45) is 2.44. The molecule has 0 aliphatic carbocycles. The molecule has 0 amide bonds. The third kappa shape index (κ3) is 2.33. The molecule has 0 aliphatic rings. The van der Waals surface area contributed by atoms with E-state index in [-0.39, 0.29) is 17.5 Å². The molecule has 1 aromatic rings. The largest absolute Gasteiger partial charge is 0.383 e. The molecule has 0 fully saturated rings. The zero-order chi connectivity index (χ0) is 12.3. The first-order chi connectivity index (χ1) is 7.47. The van der Waals surface area contributed by atoms with Crippen LogP contribution < -0.4 is 22.3 Å². The number of hydrogen-bond donors (Lipinski definition) is 3. The van der Waals surface area contributed by atoms with Crippen LogP contribution in [0.25, 0.3) is 0 Å². The van der Waals surface area contributed by atoms with E-state index in [2.05, 4.69) is 16.9 Å². The third-order valence-corrected chi connectivity index (χ3v) is 2.28. The van der Waals surface area contributed by atoms with E-state index in [4.69, 9.17) is 5.73 Å². The van der Waals surface area contributed by atoms with Crippen molar-refractivity contribution < 1.29 is 0 Å². The Morgan fingerprint density at radius 3 is 2.81 bits per heavy atom. The third-order valence-electron chi connectivity index (χ3n) is 2.28. The van der Waals surface area contributed by atoms with Gasteiger partial charge in [-0.15, -0.1) is 6.58 Å². The lowest BCUT2D eigenvalue weighted by atomic mass is 10.2. The van der Waals surface area contributed by atoms with E-state index in [1.54, 1.807) is 6.08 Å². The van der Waals surface area contributed by atoms with Gasteiger partial charge in [0.2, 0.25) is 0 Å². The number of rotatable bonds is 4. The smallest absolute Gasteiger partial charge is 0.329 e. The van der Waals surface area contributed by atoms with Gasteiger partial charge in [-0.2, -0.15) is 0 Å². The van der Waals surface area contributed by atoms with Crippen LogP contribution in [0, 0.1) is 0 Å². The molecule has 0 bridgehead atoms. The highest BCUT2D eigenvalue weighted by Crippen LogP contribution is 2.11. The Kier molecular flexibility index (Phi) is 3.55. The second-order valence-corrected chi connectivity index (χ2v) is 3.65. The summed E-state index contributed by atoms with van der Waals surface area (Å²) in [6.45, 7) is 5.50. The summed E-state index contributed by atoms with van der Waals surface area (Å²) < 4.78 is 1.18. The molecule has 88 valence electrons. The van der Waals surface area contributed by atoms with Crippen molar-refractivity contribution in [2.45, 2.75) is 19.4 Å². The molecule has 1 rings (SSSR count). The molecule has 0 saturated heterocycles. The van der Waals surface area contributed by atoms with Crippen LogP contribution in [-0.4, -0.2) is 15.6 Å². The predicted molar refractivity (Wildman–Crippen MR) is 64.6 cm³/mol. The van der Waals surface area contributed by atoms with Gasteiger partial charge >= 0.3 is 5.69 Å². The Labute approximate surface area is 92.8 Å². The van der Waals surface area contributed by atoms with Gasteiger partial charge in [-0.3, -0.25) is 14.3 Å². The second-order valence-electron chi connectivity index (χ2n) is 3.65. The Hall–Kier alpha value is -1.98. The van der Waals surface area contributed by atoms with Crippen LogP contribution in [-0.2, 0) is 7.05 Å². The summed E-state index contributed by atoms with van der Waals surface area (Å²) in [4.78, 5) is 24.9. The topological polar surface area (TPSA) is 92.9 Å². The minimum absolute atomic E-state index is 0.0263. The molecule has 6 nitrogen and oxygen atoms in total. The standard InChI is InChI=1S/C10H16N4O2/c1-4-5-6(2)12-7-8(11)14(3)10(16)13-9(7)15/h4,6,12H,1,5,11H2,2-3H3,(H,13,15,16). The fraction of sp³-hybridized carbons (Fsp3) is 0.400. The molecule has 1 atom stereocenters. The summed E-state index contributed by atoms with van der Waals surface area (Å²) in [5.74, 6) is 0.129. The molecule has 4 N–H and O–H groups in total. The van der Waals surface area contributed by atoms with E-state index in [1.165, 1.54) is 11.6 Å². The Bertz CT molecular complexity index is 501. The maximum Gasteiger partial charge on any atom is 0.329 e. The molecule has 0 aliphatic heterocycles. The van der Waals surface area contributed by atoms with Crippen molar-refractivity contribution in [2.24, 2.45) is 7.05 Å². The summed E-state index contributed by atoms with van der Waals surface area (Å²) >= 11 is 0. The number of nitrogen functional groups attached to an aromatic ring is 1. The zero-order valence-corrected chi connectivity index (χ0v) is 9.41. The van der Waals surface area contributed by atoms with E-state index in [0.29, 0.717) is 6.42 Å². The van der Waals surface area contributed by atoms with Crippen molar-refractivity contribution >= 4 is 11.5 Å². The summed E-state index contributed by atoms with van der Waals surface area (Å²) in [6, 6.07) is 0.0263. The maximum absolute atomic E-state index is 11.5. The number of hydrogen-bond acceptors (Lipinski definition) is 4. The van der Waals surface area contributed by atoms with Crippen molar-refractivity contribution in [1.29, 1.82) is 0 Å². The Balaban J connectivity index is 3.15. The number of aromatic nitrogens is 2. The normalized spacial score (nSPS) is 12.1. The van der Waals surface area contributed by atoms with E-state index < -0.39 is 11.2 Å². The van der Waals surface area contributed by atoms with Crippen molar-refractivity contribution in [2.75, 3.05) is 11.1 Å². The van der Waals surface area contributed by atoms with Crippen LogP contribution in [0.5, 0.6) is 0 Å². The van der Waals surface area contributed by atoms with Gasteiger partial charge in [0, 0.05) is 13.1 Å². The summed E-state index contributed by atoms with van der Waals surface area (Å²) in [5, 5.41) is 2.95. The lowest BCUT2D eigenvalue weighted by Crippen LogP contribution is -2.34. The number of H-pyrrole nitrogens is 1. The lowest BCUT2D eigenvalue weighted by molar-refractivity contribution is 0.782. The van der Waals surface area contributed by atoms with E-state index >= 15 is 0 Å². The molecule has 0 radical (unpaired) electrons. The first kappa shape index (κ1) is 12.1. The van der Waals surface area contributed by atoms with Crippen LogP contribution in [0.4, 0.5) is 11.5 Å². The number of aromatic amines is 1. The average Bonchev–Trinajstić information content (AvgIpc) is 2.22. The van der Waals surface area contributed by atoms with Gasteiger partial charge in [0.25, 0.3) is 5.56 Å². The molecule has 16 heavy (non-hydrogen) atoms. The fourth-order valence-corrected chi connectivity index (χ4v) is 1.33. The first-order valence-electron chi connectivity index (χ1n) is 4.93. The predicted octanol–water partition coefficient (Wildman–Crippen LogP) is 0.0323. The highest BCUT2D eigenvalue weighted by atomic mass is 16.2. The van der Waals surface area contributed by atoms with Crippen molar-refractivity contribution in [3.63, 3.8) is 0 Å². The number of nitrogens with two attached hydrogens (primary N) is 1. The van der Waals surface area contributed by atoms with Crippen molar-refractivity contribution in [3.05, 3.63) is 33.5 Å². The molecule has 1 aromatic heterocycles. The fourth-order valence-electron chi connectivity index (χ4n) is 1.33. The van der Waals surface area contributed by atoms with Crippen LogP contribution in [0.15, 0.2) is 22.2 Å². The van der Waals surface area contributed by atoms with Crippen molar-refractivity contribution in [3.8, 4) is 0 Å². The quantitative estimate of drug-likeness (QED) is 0.629. The molecule has 1 unspecified atom stereocenters. The van der Waals surface area contributed by atoms with Crippen molar-refractivity contribution in [1.82, 2.24) is 9.55 Å². The molecular formula is C10H16N4O2. The van der Waals surface area contributed by atoms with Crippen LogP contribution in [0.2, 0.25) is 0 Å². The average molecular weight is 224 g/mol. The van der Waals surface area contributed by atoms with E-state index in [9.17, 15) is 9.59 Å². The minimum Gasteiger partial charge on any atom is -0.383 e. The minimum atomic E-state index is -0.524. The lowest BCUT2D eigenvalue weighted by Gasteiger charge is -2.15. The maximum atomic E-state index is 11.5. The Morgan fingerprint density at radius 2 is 2.25 bits per heavy atom. The van der Waals surface area contributed by atoms with E-state index in [1.807, 2.05) is 6.92 Å². The molecular weight excluding hydrogens is 208 g/mol. The van der Waals surface area contributed by atoms with Gasteiger partial charge in [-0.1, -0.05) is 6.08 Å². The molecule has 0 saturated carbocycles. The van der Waals surface area contributed by atoms with Gasteiger partial charge in [0.15, 0.2) is 0 Å². The zero-order valence-electron chi connectivity index (χ0n) is 9.41. The van der Waals surface area contributed by atoms with Gasteiger partial charge in [-0.25, -0.2) is 4.79 Å². The van der Waals surface area contributed by atoms with E-state index in [0.717, 1.165) is 0 Å². The van der Waals surface area contributed by atoms with Gasteiger partial charge in [-0.05, 0) is 13.3 Å². The molecule has 1 heterocycles. The van der Waals surface area contributed by atoms with Crippen LogP contribution in [0.1, 0.15) is 13.3 Å². The molecule has 0 spiro atoms. The molecule has 6 heteroatoms. The number of anilines is 2. The summed E-state index contributed by atoms with van der Waals surface area (Å²) in [5.41, 5.74) is 4.88. The number of nitrogens with zero attached hydrogens (tertiary/aromatic N) is 1. The highest BCUT2D eigenvalue weighted by Gasteiger charge is 2.11. The van der Waals surface area contributed by atoms with Gasteiger partial charge in [0.1, 0.15) is 11.5 Å². The van der Waals surface area contributed by atoms with Gasteiger partial charge in [0.05, 0.1) is 0 Å².